The van der Waals surface area contributed by atoms with E-state index in [1.54, 1.807) is 6.92 Å². The second kappa shape index (κ2) is 6.92. The van der Waals surface area contributed by atoms with E-state index in [0.29, 0.717) is 22.6 Å². The van der Waals surface area contributed by atoms with E-state index in [1.165, 1.54) is 22.8 Å². The van der Waals surface area contributed by atoms with Crippen LogP contribution in [0.4, 0.5) is 0 Å². The molecule has 1 aromatic carbocycles. The summed E-state index contributed by atoms with van der Waals surface area (Å²) in [5.41, 5.74) is 1.36. The van der Waals surface area contributed by atoms with Gasteiger partial charge >= 0.3 is 5.97 Å². The van der Waals surface area contributed by atoms with E-state index >= 15 is 0 Å². The van der Waals surface area contributed by atoms with Gasteiger partial charge in [0.25, 0.3) is 5.56 Å². The van der Waals surface area contributed by atoms with E-state index in [2.05, 4.69) is 4.98 Å². The Morgan fingerprint density at radius 1 is 1.31 bits per heavy atom. The highest BCUT2D eigenvalue weighted by molar-refractivity contribution is 7.19. The first-order valence-electron chi connectivity index (χ1n) is 8.33. The minimum atomic E-state index is -1.06. The van der Waals surface area contributed by atoms with E-state index in [1.807, 2.05) is 38.1 Å². The van der Waals surface area contributed by atoms with Crippen molar-refractivity contribution in [1.29, 1.82) is 0 Å². The van der Waals surface area contributed by atoms with Crippen LogP contribution in [0.5, 0.6) is 5.75 Å². The molecule has 2 aromatic heterocycles. The Balaban J connectivity index is 2.26. The van der Waals surface area contributed by atoms with Gasteiger partial charge in [0.1, 0.15) is 22.4 Å². The fourth-order valence-electron chi connectivity index (χ4n) is 3.07. The Morgan fingerprint density at radius 3 is 2.54 bits per heavy atom. The molecule has 3 rings (SSSR count). The average molecular weight is 372 g/mol. The van der Waals surface area contributed by atoms with Crippen molar-refractivity contribution in [2.75, 3.05) is 6.61 Å². The topological polar surface area (TPSA) is 81.4 Å². The predicted molar refractivity (Wildman–Crippen MR) is 102 cm³/mol. The molecule has 6 nitrogen and oxygen atoms in total. The molecular formula is C19H20N2O4S. The SMILES string of the molecule is CCOc1ccc(-c2c(C)sc3nc(C)n(C(C)C(=O)O)c(=O)c23)cc1. The summed E-state index contributed by atoms with van der Waals surface area (Å²) in [5, 5.41) is 9.80. The summed E-state index contributed by atoms with van der Waals surface area (Å²) in [7, 11) is 0. The quantitative estimate of drug-likeness (QED) is 0.737. The fraction of sp³-hybridized carbons (Fsp3) is 0.316. The van der Waals surface area contributed by atoms with Gasteiger partial charge in [0.15, 0.2) is 0 Å². The largest absolute Gasteiger partial charge is 0.494 e. The van der Waals surface area contributed by atoms with Crippen LogP contribution in [0.15, 0.2) is 29.1 Å². The minimum absolute atomic E-state index is 0.323. The number of nitrogens with zero attached hydrogens (tertiary/aromatic N) is 2. The monoisotopic (exact) mass is 372 g/mol. The first kappa shape index (κ1) is 18.1. The van der Waals surface area contributed by atoms with Gasteiger partial charge in [-0.1, -0.05) is 12.1 Å². The normalized spacial score (nSPS) is 12.3. The van der Waals surface area contributed by atoms with Crippen LogP contribution >= 0.6 is 11.3 Å². The van der Waals surface area contributed by atoms with Gasteiger partial charge in [-0.25, -0.2) is 9.78 Å². The zero-order valence-electron chi connectivity index (χ0n) is 15.1. The van der Waals surface area contributed by atoms with Crippen molar-refractivity contribution >= 4 is 27.5 Å². The van der Waals surface area contributed by atoms with Gasteiger partial charge in [-0.2, -0.15) is 0 Å². The van der Waals surface area contributed by atoms with Gasteiger partial charge in [-0.3, -0.25) is 9.36 Å². The highest BCUT2D eigenvalue weighted by Gasteiger charge is 2.23. The van der Waals surface area contributed by atoms with Gasteiger partial charge in [-0.15, -0.1) is 11.3 Å². The number of hydrogen-bond donors (Lipinski definition) is 1. The number of aryl methyl sites for hydroxylation is 2. The molecule has 1 N–H and O–H groups in total. The van der Waals surface area contributed by atoms with E-state index < -0.39 is 12.0 Å². The van der Waals surface area contributed by atoms with Crippen molar-refractivity contribution < 1.29 is 14.6 Å². The molecule has 1 atom stereocenters. The van der Waals surface area contributed by atoms with Gasteiger partial charge < -0.3 is 9.84 Å². The molecule has 7 heteroatoms. The van der Waals surface area contributed by atoms with E-state index in [-0.39, 0.29) is 5.56 Å². The molecule has 1 unspecified atom stereocenters. The molecule has 0 fully saturated rings. The van der Waals surface area contributed by atoms with E-state index in [9.17, 15) is 14.7 Å². The Bertz CT molecular complexity index is 1030. The lowest BCUT2D eigenvalue weighted by atomic mass is 10.0. The fourth-order valence-corrected chi connectivity index (χ4v) is 4.16. The maximum atomic E-state index is 13.1. The van der Waals surface area contributed by atoms with Crippen LogP contribution in [0.3, 0.4) is 0 Å². The van der Waals surface area contributed by atoms with Crippen molar-refractivity contribution in [2.24, 2.45) is 0 Å². The van der Waals surface area contributed by atoms with Gasteiger partial charge in [-0.05, 0) is 45.4 Å². The standard InChI is InChI=1S/C19H20N2O4S/c1-5-25-14-8-6-13(7-9-14)15-11(3)26-17-16(15)18(22)21(12(4)20-17)10(2)19(23)24/h6-10H,5H2,1-4H3,(H,23,24). The van der Waals surface area contributed by atoms with Crippen LogP contribution in [0.1, 0.15) is 30.6 Å². The van der Waals surface area contributed by atoms with Crippen LogP contribution in [0.2, 0.25) is 0 Å². The number of rotatable bonds is 5. The van der Waals surface area contributed by atoms with Gasteiger partial charge in [0.2, 0.25) is 0 Å². The second-order valence-electron chi connectivity index (χ2n) is 6.02. The summed E-state index contributed by atoms with van der Waals surface area (Å²) in [6.07, 6.45) is 0. The summed E-state index contributed by atoms with van der Waals surface area (Å²) >= 11 is 1.44. The molecule has 136 valence electrons. The summed E-state index contributed by atoms with van der Waals surface area (Å²) in [6, 6.07) is 6.56. The van der Waals surface area contributed by atoms with Crippen molar-refractivity contribution in [3.63, 3.8) is 0 Å². The number of benzene rings is 1. The lowest BCUT2D eigenvalue weighted by Crippen LogP contribution is -2.30. The van der Waals surface area contributed by atoms with E-state index in [4.69, 9.17) is 4.74 Å². The van der Waals surface area contributed by atoms with Gasteiger partial charge in [0.05, 0.1) is 12.0 Å². The number of carboxylic acids is 1. The third-order valence-corrected chi connectivity index (χ3v) is 5.31. The maximum absolute atomic E-state index is 13.1. The second-order valence-corrected chi connectivity index (χ2v) is 7.22. The van der Waals surface area contributed by atoms with Crippen molar-refractivity contribution in [1.82, 2.24) is 9.55 Å². The molecule has 26 heavy (non-hydrogen) atoms. The molecule has 0 aliphatic carbocycles. The highest BCUT2D eigenvalue weighted by atomic mass is 32.1. The number of fused-ring (bicyclic) bond motifs is 1. The zero-order chi connectivity index (χ0) is 19.0. The molecule has 0 bridgehead atoms. The number of carbonyl (C=O) groups is 1. The molecule has 0 radical (unpaired) electrons. The summed E-state index contributed by atoms with van der Waals surface area (Å²) in [5.74, 6) is 0.0992. The maximum Gasteiger partial charge on any atom is 0.326 e. The third kappa shape index (κ3) is 2.99. The van der Waals surface area contributed by atoms with Crippen LogP contribution in [0.25, 0.3) is 21.3 Å². The Hall–Kier alpha value is -2.67. The summed E-state index contributed by atoms with van der Waals surface area (Å²) < 4.78 is 6.72. The third-order valence-electron chi connectivity index (χ3n) is 4.31. The molecule has 0 amide bonds. The van der Waals surface area contributed by atoms with Crippen LogP contribution < -0.4 is 10.3 Å². The van der Waals surface area contributed by atoms with Crippen molar-refractivity contribution in [3.8, 4) is 16.9 Å². The molecule has 0 aliphatic rings. The van der Waals surface area contributed by atoms with Crippen LogP contribution in [-0.2, 0) is 4.79 Å². The Kier molecular flexibility index (Phi) is 4.82. The van der Waals surface area contributed by atoms with Crippen molar-refractivity contribution in [3.05, 3.63) is 45.3 Å². The summed E-state index contributed by atoms with van der Waals surface area (Å²) in [4.78, 5) is 30.6. The number of carboxylic acid groups (broad SMARTS) is 1. The first-order valence-corrected chi connectivity index (χ1v) is 9.15. The molecule has 0 saturated carbocycles. The predicted octanol–water partition coefficient (Wildman–Crippen LogP) is 3.79. The van der Waals surface area contributed by atoms with E-state index in [0.717, 1.165) is 21.8 Å². The zero-order valence-corrected chi connectivity index (χ0v) is 15.9. The lowest BCUT2D eigenvalue weighted by molar-refractivity contribution is -0.140. The molecule has 2 heterocycles. The first-order chi connectivity index (χ1) is 12.3. The highest BCUT2D eigenvalue weighted by Crippen LogP contribution is 2.36. The minimum Gasteiger partial charge on any atom is -0.494 e. The van der Waals surface area contributed by atoms with Crippen LogP contribution in [0, 0.1) is 13.8 Å². The molecule has 3 aromatic rings. The molecule has 0 aliphatic heterocycles. The number of aromatic nitrogens is 2. The number of thiophene rings is 1. The molecule has 0 saturated heterocycles. The smallest absolute Gasteiger partial charge is 0.326 e. The van der Waals surface area contributed by atoms with Gasteiger partial charge in [0, 0.05) is 10.4 Å². The number of aliphatic carboxylic acids is 1. The average Bonchev–Trinajstić information content (AvgIpc) is 2.91. The number of hydrogen-bond acceptors (Lipinski definition) is 5. The van der Waals surface area contributed by atoms with Crippen LogP contribution in [-0.4, -0.2) is 27.2 Å². The lowest BCUT2D eigenvalue weighted by Gasteiger charge is -2.14. The Labute approximate surface area is 154 Å². The summed E-state index contributed by atoms with van der Waals surface area (Å²) in [6.45, 7) is 7.59. The van der Waals surface area contributed by atoms with Crippen molar-refractivity contribution in [2.45, 2.75) is 33.7 Å². The molecular weight excluding hydrogens is 352 g/mol. The Morgan fingerprint density at radius 2 is 1.96 bits per heavy atom. The molecule has 0 spiro atoms. The number of ether oxygens (including phenoxy) is 1.